The number of H-pyrrole nitrogens is 1. The fourth-order valence-corrected chi connectivity index (χ4v) is 1.07. The zero-order chi connectivity index (χ0) is 9.26. The van der Waals surface area contributed by atoms with Gasteiger partial charge in [0.05, 0.1) is 0 Å². The monoisotopic (exact) mass is 177 g/mol. The Labute approximate surface area is 74.6 Å². The zero-order valence-corrected chi connectivity index (χ0v) is 7.08. The Morgan fingerprint density at radius 1 is 1.23 bits per heavy atom. The molecule has 4 heteroatoms. The molecule has 2 rings (SSSR count). The Hall–Kier alpha value is -1.71. The van der Waals surface area contributed by atoms with E-state index in [0.29, 0.717) is 5.82 Å². The van der Waals surface area contributed by atoms with E-state index in [1.807, 2.05) is 6.92 Å². The number of aromatic nitrogens is 3. The van der Waals surface area contributed by atoms with Gasteiger partial charge >= 0.3 is 0 Å². The largest absolute Gasteiger partial charge is 0.263 e. The molecule has 0 unspecified atom stereocenters. The predicted molar refractivity (Wildman–Crippen MR) is 46.5 cm³/mol. The van der Waals surface area contributed by atoms with Gasteiger partial charge in [0.2, 0.25) is 0 Å². The minimum Gasteiger partial charge on any atom is -0.263 e. The van der Waals surface area contributed by atoms with E-state index < -0.39 is 0 Å². The highest BCUT2D eigenvalue weighted by Gasteiger charge is 2.02. The molecule has 1 heterocycles. The van der Waals surface area contributed by atoms with Gasteiger partial charge in [0.15, 0.2) is 5.82 Å². The molecule has 0 bridgehead atoms. The summed E-state index contributed by atoms with van der Waals surface area (Å²) >= 11 is 0. The van der Waals surface area contributed by atoms with E-state index in [1.54, 1.807) is 12.1 Å². The highest BCUT2D eigenvalue weighted by Crippen LogP contribution is 2.14. The lowest BCUT2D eigenvalue weighted by molar-refractivity contribution is 0.628. The van der Waals surface area contributed by atoms with E-state index in [0.717, 1.165) is 11.4 Å². The summed E-state index contributed by atoms with van der Waals surface area (Å²) in [5.41, 5.74) is 0.811. The molecule has 0 saturated heterocycles. The van der Waals surface area contributed by atoms with Crippen LogP contribution in [0, 0.1) is 12.7 Å². The smallest absolute Gasteiger partial charge is 0.181 e. The first kappa shape index (κ1) is 7.91. The van der Waals surface area contributed by atoms with Crippen molar-refractivity contribution < 1.29 is 4.39 Å². The maximum atomic E-state index is 12.6. The molecule has 0 aliphatic carbocycles. The molecule has 13 heavy (non-hydrogen) atoms. The van der Waals surface area contributed by atoms with Crippen LogP contribution in [-0.2, 0) is 0 Å². The number of rotatable bonds is 1. The molecule has 1 aromatic carbocycles. The number of benzene rings is 1. The van der Waals surface area contributed by atoms with Gasteiger partial charge in [-0.2, -0.15) is 5.10 Å². The van der Waals surface area contributed by atoms with Crippen molar-refractivity contribution in [3.63, 3.8) is 0 Å². The first-order valence-corrected chi connectivity index (χ1v) is 3.90. The van der Waals surface area contributed by atoms with Crippen molar-refractivity contribution in [2.45, 2.75) is 6.92 Å². The molecule has 0 atom stereocenters. The summed E-state index contributed by atoms with van der Waals surface area (Å²) in [6, 6.07) is 6.08. The number of nitrogens with zero attached hydrogens (tertiary/aromatic N) is 2. The van der Waals surface area contributed by atoms with Crippen LogP contribution in [0.3, 0.4) is 0 Å². The van der Waals surface area contributed by atoms with E-state index in [2.05, 4.69) is 15.2 Å². The van der Waals surface area contributed by atoms with Crippen molar-refractivity contribution in [3.05, 3.63) is 35.9 Å². The van der Waals surface area contributed by atoms with Gasteiger partial charge in [-0.25, -0.2) is 9.37 Å². The van der Waals surface area contributed by atoms with Crippen molar-refractivity contribution in [1.29, 1.82) is 0 Å². The molecule has 66 valence electrons. The summed E-state index contributed by atoms with van der Waals surface area (Å²) in [4.78, 5) is 4.12. The van der Waals surface area contributed by atoms with Crippen LogP contribution >= 0.6 is 0 Å². The number of hydrogen-bond donors (Lipinski definition) is 1. The highest BCUT2D eigenvalue weighted by molar-refractivity contribution is 5.53. The van der Waals surface area contributed by atoms with Crippen LogP contribution in [0.1, 0.15) is 5.82 Å². The zero-order valence-electron chi connectivity index (χ0n) is 7.08. The Balaban J connectivity index is 2.41. The number of hydrogen-bond acceptors (Lipinski definition) is 2. The lowest BCUT2D eigenvalue weighted by Crippen LogP contribution is -1.81. The molecule has 0 aliphatic heterocycles. The Morgan fingerprint density at radius 3 is 2.46 bits per heavy atom. The second-order valence-electron chi connectivity index (χ2n) is 2.75. The second-order valence-corrected chi connectivity index (χ2v) is 2.75. The molecule has 0 saturated carbocycles. The summed E-state index contributed by atoms with van der Waals surface area (Å²) in [6.45, 7) is 1.82. The SMILES string of the molecule is Cc1nc(-c2ccc(F)cc2)n[nH]1. The molecule has 0 radical (unpaired) electrons. The number of nitrogens with one attached hydrogen (secondary N) is 1. The lowest BCUT2D eigenvalue weighted by atomic mass is 10.2. The standard InChI is InChI=1S/C9H8FN3/c1-6-11-9(13-12-6)7-2-4-8(10)5-3-7/h2-5H,1H3,(H,11,12,13). The van der Waals surface area contributed by atoms with Gasteiger partial charge in [-0.15, -0.1) is 0 Å². The number of aromatic amines is 1. The maximum absolute atomic E-state index is 12.6. The van der Waals surface area contributed by atoms with Gasteiger partial charge < -0.3 is 0 Å². The highest BCUT2D eigenvalue weighted by atomic mass is 19.1. The van der Waals surface area contributed by atoms with Crippen molar-refractivity contribution in [3.8, 4) is 11.4 Å². The minimum atomic E-state index is -0.254. The van der Waals surface area contributed by atoms with E-state index in [1.165, 1.54) is 12.1 Å². The summed E-state index contributed by atoms with van der Waals surface area (Å²) in [5.74, 6) is 1.09. The van der Waals surface area contributed by atoms with Crippen molar-refractivity contribution in [2.75, 3.05) is 0 Å². The molecule has 3 nitrogen and oxygen atoms in total. The Bertz CT molecular complexity index is 405. The van der Waals surface area contributed by atoms with Crippen LogP contribution in [0.4, 0.5) is 4.39 Å². The maximum Gasteiger partial charge on any atom is 0.181 e. The average Bonchev–Trinajstić information content (AvgIpc) is 2.53. The van der Waals surface area contributed by atoms with E-state index in [9.17, 15) is 4.39 Å². The van der Waals surface area contributed by atoms with E-state index in [4.69, 9.17) is 0 Å². The minimum absolute atomic E-state index is 0.254. The van der Waals surface area contributed by atoms with E-state index >= 15 is 0 Å². The van der Waals surface area contributed by atoms with Crippen LogP contribution in [0.2, 0.25) is 0 Å². The normalized spacial score (nSPS) is 10.3. The third-order valence-electron chi connectivity index (χ3n) is 1.70. The van der Waals surface area contributed by atoms with Gasteiger partial charge in [0, 0.05) is 5.56 Å². The van der Waals surface area contributed by atoms with Gasteiger partial charge in [-0.1, -0.05) is 0 Å². The average molecular weight is 177 g/mol. The van der Waals surface area contributed by atoms with Crippen molar-refractivity contribution in [1.82, 2.24) is 15.2 Å². The number of aryl methyl sites for hydroxylation is 1. The summed E-state index contributed by atoms with van der Waals surface area (Å²) in [7, 11) is 0. The fraction of sp³-hybridized carbons (Fsp3) is 0.111. The second kappa shape index (κ2) is 2.97. The van der Waals surface area contributed by atoms with Crippen molar-refractivity contribution >= 4 is 0 Å². The van der Waals surface area contributed by atoms with Crippen LogP contribution < -0.4 is 0 Å². The number of halogens is 1. The molecule has 0 aliphatic rings. The Morgan fingerprint density at radius 2 is 1.92 bits per heavy atom. The van der Waals surface area contributed by atoms with Gasteiger partial charge in [0.25, 0.3) is 0 Å². The molecule has 0 amide bonds. The Kier molecular flexibility index (Phi) is 1.81. The topological polar surface area (TPSA) is 41.6 Å². The molecular weight excluding hydrogens is 169 g/mol. The molecule has 2 aromatic rings. The molecule has 0 fully saturated rings. The summed E-state index contributed by atoms with van der Waals surface area (Å²) in [6.07, 6.45) is 0. The quantitative estimate of drug-likeness (QED) is 0.723. The van der Waals surface area contributed by atoms with Crippen molar-refractivity contribution in [2.24, 2.45) is 0 Å². The third kappa shape index (κ3) is 1.56. The third-order valence-corrected chi connectivity index (χ3v) is 1.70. The summed E-state index contributed by atoms with van der Waals surface area (Å²) < 4.78 is 12.6. The first-order valence-electron chi connectivity index (χ1n) is 3.90. The molecule has 1 N–H and O–H groups in total. The van der Waals surface area contributed by atoms with Gasteiger partial charge in [0.1, 0.15) is 11.6 Å². The lowest BCUT2D eigenvalue weighted by Gasteiger charge is -1.92. The van der Waals surface area contributed by atoms with Gasteiger partial charge in [-0.05, 0) is 31.2 Å². The van der Waals surface area contributed by atoms with Crippen LogP contribution in [0.5, 0.6) is 0 Å². The molecule has 1 aromatic heterocycles. The first-order chi connectivity index (χ1) is 6.25. The fourth-order valence-electron chi connectivity index (χ4n) is 1.07. The summed E-state index contributed by atoms with van der Waals surface area (Å²) in [5, 5.41) is 6.68. The van der Waals surface area contributed by atoms with Crippen LogP contribution in [0.15, 0.2) is 24.3 Å². The van der Waals surface area contributed by atoms with Crippen LogP contribution in [-0.4, -0.2) is 15.2 Å². The molecular formula is C9H8FN3. The molecule has 0 spiro atoms. The predicted octanol–water partition coefficient (Wildman–Crippen LogP) is 1.92. The van der Waals surface area contributed by atoms with E-state index in [-0.39, 0.29) is 5.82 Å². The van der Waals surface area contributed by atoms with Gasteiger partial charge in [-0.3, -0.25) is 5.10 Å². The van der Waals surface area contributed by atoms with Crippen LogP contribution in [0.25, 0.3) is 11.4 Å².